The predicted octanol–water partition coefficient (Wildman–Crippen LogP) is 6.64. The van der Waals surface area contributed by atoms with Crippen LogP contribution in [0.25, 0.3) is 22.2 Å². The van der Waals surface area contributed by atoms with E-state index in [0.29, 0.717) is 27.2 Å². The number of carbonyl (C=O) groups excluding carboxylic acids is 1. The monoisotopic (exact) mass is 551 g/mol. The molecule has 0 spiro atoms. The van der Waals surface area contributed by atoms with Crippen molar-refractivity contribution in [3.63, 3.8) is 0 Å². The average Bonchev–Trinajstić information content (AvgIpc) is 3.29. The third-order valence-corrected chi connectivity index (χ3v) is 7.47. The van der Waals surface area contributed by atoms with Crippen LogP contribution in [0.5, 0.6) is 0 Å². The highest BCUT2D eigenvalue weighted by atomic mass is 35.5. The lowest BCUT2D eigenvalue weighted by atomic mass is 10.00. The fourth-order valence-electron chi connectivity index (χ4n) is 4.19. The van der Waals surface area contributed by atoms with Gasteiger partial charge in [-0.1, -0.05) is 53.6 Å². The Morgan fingerprint density at radius 3 is 2.53 bits per heavy atom. The maximum Gasteiger partial charge on any atom is 0.237 e. The van der Waals surface area contributed by atoms with Crippen LogP contribution in [0, 0.1) is 18.6 Å². The molecule has 2 N–H and O–H groups in total. The summed E-state index contributed by atoms with van der Waals surface area (Å²) in [6.07, 6.45) is 2.92. The summed E-state index contributed by atoms with van der Waals surface area (Å²) in [6, 6.07) is 17.3. The van der Waals surface area contributed by atoms with Crippen LogP contribution in [0.15, 0.2) is 79.1 Å². The maximum atomic E-state index is 15.5. The van der Waals surface area contributed by atoms with Gasteiger partial charge in [0.15, 0.2) is 5.82 Å². The number of carbonyl (C=O) groups is 1. The number of anilines is 1. The van der Waals surface area contributed by atoms with Gasteiger partial charge in [0, 0.05) is 33.9 Å². The second-order valence-corrected chi connectivity index (χ2v) is 11.0. The second-order valence-electron chi connectivity index (χ2n) is 8.79. The highest BCUT2D eigenvalue weighted by Crippen LogP contribution is 2.30. The molecule has 0 unspecified atom stereocenters. The molecule has 0 saturated carbocycles. The van der Waals surface area contributed by atoms with Crippen molar-refractivity contribution < 1.29 is 22.0 Å². The summed E-state index contributed by atoms with van der Waals surface area (Å²) in [5.74, 6) is -3.80. The van der Waals surface area contributed by atoms with Crippen molar-refractivity contribution in [1.29, 1.82) is 0 Å². The molecule has 2 heterocycles. The number of aromatic amines is 1. The first-order valence-electron chi connectivity index (χ1n) is 11.4. The van der Waals surface area contributed by atoms with Gasteiger partial charge in [-0.25, -0.2) is 22.2 Å². The molecule has 0 aliphatic rings. The molecule has 192 valence electrons. The van der Waals surface area contributed by atoms with E-state index in [0.717, 1.165) is 23.3 Å². The molecule has 0 atom stereocenters. The van der Waals surface area contributed by atoms with E-state index in [9.17, 15) is 17.6 Å². The molecular formula is C28H20ClF2N3O3S. The largest absolute Gasteiger partial charge is 0.345 e. The molecule has 5 rings (SSSR count). The molecule has 0 fully saturated rings. The van der Waals surface area contributed by atoms with Gasteiger partial charge in [-0.3, -0.25) is 9.52 Å². The molecular weight excluding hydrogens is 532 g/mol. The van der Waals surface area contributed by atoms with Crippen molar-refractivity contribution >= 4 is 44.1 Å². The molecule has 0 radical (unpaired) electrons. The van der Waals surface area contributed by atoms with Crippen LogP contribution in [-0.2, 0) is 15.8 Å². The lowest BCUT2D eigenvalue weighted by Crippen LogP contribution is -2.18. The van der Waals surface area contributed by atoms with Crippen LogP contribution in [0.1, 0.15) is 27.0 Å². The average molecular weight is 552 g/mol. The number of hydrogen-bond acceptors (Lipinski definition) is 4. The number of nitrogens with zero attached hydrogens (tertiary/aromatic N) is 1. The van der Waals surface area contributed by atoms with E-state index >= 15 is 4.39 Å². The first-order valence-corrected chi connectivity index (χ1v) is 13.5. The van der Waals surface area contributed by atoms with Crippen LogP contribution in [-0.4, -0.2) is 24.2 Å². The van der Waals surface area contributed by atoms with E-state index in [2.05, 4.69) is 14.7 Å². The number of aryl methyl sites for hydroxylation is 1. The van der Waals surface area contributed by atoms with Crippen molar-refractivity contribution in [2.75, 3.05) is 4.72 Å². The van der Waals surface area contributed by atoms with E-state index < -0.39 is 44.4 Å². The molecule has 2 aromatic heterocycles. The number of sulfonamides is 1. The van der Waals surface area contributed by atoms with Gasteiger partial charge in [0.1, 0.15) is 11.5 Å². The van der Waals surface area contributed by atoms with E-state index in [1.54, 1.807) is 54.7 Å². The van der Waals surface area contributed by atoms with Gasteiger partial charge in [-0.15, -0.1) is 0 Å². The summed E-state index contributed by atoms with van der Waals surface area (Å²) >= 11 is 5.96. The van der Waals surface area contributed by atoms with Crippen LogP contribution in [0.3, 0.4) is 0 Å². The number of rotatable bonds is 7. The summed E-state index contributed by atoms with van der Waals surface area (Å²) in [6.45, 7) is 1.82. The summed E-state index contributed by atoms with van der Waals surface area (Å²) in [7, 11) is -4.06. The van der Waals surface area contributed by atoms with Gasteiger partial charge in [-0.2, -0.15) is 0 Å². The van der Waals surface area contributed by atoms with E-state index in [4.69, 9.17) is 11.6 Å². The van der Waals surface area contributed by atoms with Crippen LogP contribution < -0.4 is 4.72 Å². The number of fused-ring (bicyclic) bond motifs is 1. The summed E-state index contributed by atoms with van der Waals surface area (Å²) in [5.41, 5.74) is 1.75. The van der Waals surface area contributed by atoms with Crippen molar-refractivity contribution in [3.8, 4) is 11.1 Å². The molecule has 6 nitrogen and oxygen atoms in total. The van der Waals surface area contributed by atoms with Crippen molar-refractivity contribution in [1.82, 2.24) is 9.97 Å². The van der Waals surface area contributed by atoms with Gasteiger partial charge in [0.2, 0.25) is 15.8 Å². The fraction of sp³-hybridized carbons (Fsp3) is 0.0714. The van der Waals surface area contributed by atoms with Gasteiger partial charge >= 0.3 is 0 Å². The minimum Gasteiger partial charge on any atom is -0.345 e. The lowest BCUT2D eigenvalue weighted by Gasteiger charge is -2.12. The third kappa shape index (κ3) is 5.16. The molecule has 5 aromatic rings. The Hall–Kier alpha value is -4.08. The smallest absolute Gasteiger partial charge is 0.237 e. The minimum atomic E-state index is -4.06. The Labute approximate surface area is 222 Å². The first-order chi connectivity index (χ1) is 18.1. The Balaban J connectivity index is 1.49. The molecule has 0 aliphatic heterocycles. The number of pyridine rings is 1. The summed E-state index contributed by atoms with van der Waals surface area (Å²) < 4.78 is 57.8. The molecule has 10 heteroatoms. The molecule has 0 amide bonds. The first kappa shape index (κ1) is 25.6. The normalized spacial score (nSPS) is 11.6. The Bertz CT molecular complexity index is 1800. The molecule has 38 heavy (non-hydrogen) atoms. The standard InChI is InChI=1S/C28H20ClF2N3O3S/c1-16-3-2-4-17(11-16)15-38(36,37)34-24-10-9-23(30)25(26(24)31)27(35)22-14-33-28-21(22)12-19(13-32-28)18-5-7-20(29)8-6-18/h2-14,34H,15H2,1H3,(H,32,33). The van der Waals surface area contributed by atoms with E-state index in [1.165, 1.54) is 6.20 Å². The lowest BCUT2D eigenvalue weighted by molar-refractivity contribution is 0.103. The number of H-pyrrole nitrogens is 1. The Kier molecular flexibility index (Phi) is 6.73. The van der Waals surface area contributed by atoms with Gasteiger partial charge in [0.05, 0.1) is 17.0 Å². The maximum absolute atomic E-state index is 15.5. The number of aromatic nitrogens is 2. The van der Waals surface area contributed by atoms with E-state index in [-0.39, 0.29) is 5.56 Å². The number of halogens is 3. The zero-order valence-corrected chi connectivity index (χ0v) is 21.5. The zero-order chi connectivity index (χ0) is 27.0. The van der Waals surface area contributed by atoms with Gasteiger partial charge in [0.25, 0.3) is 0 Å². The molecule has 0 bridgehead atoms. The molecule has 0 saturated heterocycles. The summed E-state index contributed by atoms with van der Waals surface area (Å²) in [5, 5.41) is 0.910. The SMILES string of the molecule is Cc1cccc(CS(=O)(=O)Nc2ccc(F)c(C(=O)c3c[nH]c4ncc(-c5ccc(Cl)cc5)cc34)c2F)c1. The number of nitrogens with one attached hydrogen (secondary N) is 2. The number of hydrogen-bond donors (Lipinski definition) is 2. The highest BCUT2D eigenvalue weighted by Gasteiger charge is 2.26. The van der Waals surface area contributed by atoms with Crippen LogP contribution >= 0.6 is 11.6 Å². The van der Waals surface area contributed by atoms with Crippen molar-refractivity contribution in [3.05, 3.63) is 118 Å². The number of ketones is 1. The van der Waals surface area contributed by atoms with Crippen LogP contribution in [0.2, 0.25) is 5.02 Å². The summed E-state index contributed by atoms with van der Waals surface area (Å²) in [4.78, 5) is 20.5. The molecule has 0 aliphatic carbocycles. The van der Waals surface area contributed by atoms with Gasteiger partial charge < -0.3 is 4.98 Å². The zero-order valence-electron chi connectivity index (χ0n) is 19.9. The fourth-order valence-corrected chi connectivity index (χ4v) is 5.50. The van der Waals surface area contributed by atoms with Crippen molar-refractivity contribution in [2.24, 2.45) is 0 Å². The Morgan fingerprint density at radius 1 is 1.03 bits per heavy atom. The topological polar surface area (TPSA) is 91.9 Å². The highest BCUT2D eigenvalue weighted by molar-refractivity contribution is 7.91. The quantitative estimate of drug-likeness (QED) is 0.222. The minimum absolute atomic E-state index is 0.0131. The Morgan fingerprint density at radius 2 is 1.79 bits per heavy atom. The van der Waals surface area contributed by atoms with Gasteiger partial charge in [-0.05, 0) is 48.4 Å². The third-order valence-electron chi connectivity index (χ3n) is 5.98. The number of benzene rings is 3. The van der Waals surface area contributed by atoms with Crippen molar-refractivity contribution in [2.45, 2.75) is 12.7 Å². The van der Waals surface area contributed by atoms with E-state index in [1.807, 2.05) is 13.0 Å². The molecule has 3 aromatic carbocycles. The second kappa shape index (κ2) is 10.00. The van der Waals surface area contributed by atoms with Crippen LogP contribution in [0.4, 0.5) is 14.5 Å². The predicted molar refractivity (Wildman–Crippen MR) is 144 cm³/mol.